The van der Waals surface area contributed by atoms with Gasteiger partial charge in [0.25, 0.3) is 11.5 Å². The molecular weight excluding hydrogens is 444 g/mol. The molecule has 1 heterocycles. The van der Waals surface area contributed by atoms with Gasteiger partial charge in [-0.25, -0.2) is 13.8 Å². The van der Waals surface area contributed by atoms with Crippen LogP contribution in [0.15, 0.2) is 27.8 Å². The number of halogens is 5. The number of nitrogens with one attached hydrogen (secondary N) is 1. The van der Waals surface area contributed by atoms with E-state index < -0.39 is 46.1 Å². The molecule has 2 rings (SSSR count). The fourth-order valence-electron chi connectivity index (χ4n) is 2.61. The number of aromatic nitrogens is 2. The van der Waals surface area contributed by atoms with Crippen molar-refractivity contribution in [2.45, 2.75) is 32.5 Å². The van der Waals surface area contributed by atoms with Crippen molar-refractivity contribution in [2.75, 3.05) is 0 Å². The third-order valence-electron chi connectivity index (χ3n) is 4.89. The number of rotatable bonds is 4. The van der Waals surface area contributed by atoms with Gasteiger partial charge in [-0.15, -0.1) is 0 Å². The first kappa shape index (κ1) is 24.1. The first-order valence-electron chi connectivity index (χ1n) is 8.77. The molecule has 7 nitrogen and oxygen atoms in total. The van der Waals surface area contributed by atoms with Crippen molar-refractivity contribution in [2.24, 2.45) is 13.0 Å². The zero-order chi connectivity index (χ0) is 23.9. The van der Waals surface area contributed by atoms with Crippen LogP contribution in [-0.4, -0.2) is 20.6 Å². The van der Waals surface area contributed by atoms with Crippen molar-refractivity contribution in [3.63, 3.8) is 0 Å². The number of carbonyl (C=O) groups excluding carboxylic acids is 1. The Morgan fingerprint density at radius 2 is 1.81 bits per heavy atom. The third kappa shape index (κ3) is 4.49. The molecule has 1 amide bonds. The van der Waals surface area contributed by atoms with Gasteiger partial charge in [0.2, 0.25) is 0 Å². The van der Waals surface area contributed by atoms with Crippen LogP contribution in [-0.2, 0) is 13.2 Å². The summed E-state index contributed by atoms with van der Waals surface area (Å²) in [4.78, 5) is 37.3. The molecule has 0 bridgehead atoms. The molecule has 0 saturated heterocycles. The van der Waals surface area contributed by atoms with Gasteiger partial charge in [0.1, 0.15) is 17.1 Å². The van der Waals surface area contributed by atoms with Crippen LogP contribution in [0.5, 0.6) is 0 Å². The molecule has 1 N–H and O–H groups in total. The Hall–Kier alpha value is -3.13. The van der Waals surface area contributed by atoms with Gasteiger partial charge < -0.3 is 5.32 Å². The van der Waals surface area contributed by atoms with Crippen molar-refractivity contribution < 1.29 is 22.4 Å². The van der Waals surface area contributed by atoms with Gasteiger partial charge in [0, 0.05) is 13.1 Å². The standard InChI is InChI=1S/C19H17ClF4N4O3/c1-9(2)18(3,8-25)26-16(30)10-5-13(12(21)6-11(10)20)28-15(29)7-14(19(22,23)24)27(4)17(28)31/h5-7,9H,1-4H3,(H,26,30). The Bertz CT molecular complexity index is 1210. The number of nitriles is 1. The summed E-state index contributed by atoms with van der Waals surface area (Å²) >= 11 is 5.93. The van der Waals surface area contributed by atoms with Crippen molar-refractivity contribution in [3.05, 3.63) is 61.1 Å². The molecule has 0 saturated carbocycles. The lowest BCUT2D eigenvalue weighted by Gasteiger charge is -2.27. The van der Waals surface area contributed by atoms with E-state index in [9.17, 15) is 37.2 Å². The van der Waals surface area contributed by atoms with E-state index in [2.05, 4.69) is 5.32 Å². The van der Waals surface area contributed by atoms with E-state index in [-0.39, 0.29) is 31.7 Å². The van der Waals surface area contributed by atoms with Crippen molar-refractivity contribution in [1.82, 2.24) is 14.5 Å². The van der Waals surface area contributed by atoms with Gasteiger partial charge in [-0.2, -0.15) is 18.4 Å². The van der Waals surface area contributed by atoms with Gasteiger partial charge >= 0.3 is 11.9 Å². The van der Waals surface area contributed by atoms with Gasteiger partial charge in [-0.1, -0.05) is 25.4 Å². The monoisotopic (exact) mass is 460 g/mol. The Kier molecular flexibility index (Phi) is 6.38. The van der Waals surface area contributed by atoms with Crippen LogP contribution in [0.25, 0.3) is 5.69 Å². The second kappa shape index (κ2) is 8.19. The summed E-state index contributed by atoms with van der Waals surface area (Å²) in [7, 11) is 0.767. The third-order valence-corrected chi connectivity index (χ3v) is 5.21. The lowest BCUT2D eigenvalue weighted by molar-refractivity contribution is -0.144. The molecule has 0 radical (unpaired) electrons. The van der Waals surface area contributed by atoms with E-state index in [0.29, 0.717) is 6.07 Å². The number of nitrogens with zero attached hydrogens (tertiary/aromatic N) is 3. The number of hydrogen-bond acceptors (Lipinski definition) is 4. The van der Waals surface area contributed by atoms with Gasteiger partial charge in [-0.3, -0.25) is 14.2 Å². The smallest absolute Gasteiger partial charge is 0.334 e. The number of carbonyl (C=O) groups is 1. The van der Waals surface area contributed by atoms with Crippen LogP contribution < -0.4 is 16.6 Å². The van der Waals surface area contributed by atoms with E-state index in [1.165, 1.54) is 6.92 Å². The highest BCUT2D eigenvalue weighted by Crippen LogP contribution is 2.28. The lowest BCUT2D eigenvalue weighted by Crippen LogP contribution is -2.49. The summed E-state index contributed by atoms with van der Waals surface area (Å²) in [5.41, 5.74) is -6.92. The van der Waals surface area contributed by atoms with Crippen LogP contribution in [0.1, 0.15) is 36.8 Å². The lowest BCUT2D eigenvalue weighted by atomic mass is 9.89. The molecule has 31 heavy (non-hydrogen) atoms. The minimum absolute atomic E-state index is 0.140. The van der Waals surface area contributed by atoms with Crippen molar-refractivity contribution >= 4 is 17.5 Å². The zero-order valence-corrected chi connectivity index (χ0v) is 17.5. The minimum Gasteiger partial charge on any atom is -0.334 e. The van der Waals surface area contributed by atoms with E-state index >= 15 is 0 Å². The molecular formula is C19H17ClF4N4O3. The fourth-order valence-corrected chi connectivity index (χ4v) is 2.84. The average molecular weight is 461 g/mol. The number of hydrogen-bond donors (Lipinski definition) is 1. The fraction of sp³-hybridized carbons (Fsp3) is 0.368. The maximum absolute atomic E-state index is 14.5. The van der Waals surface area contributed by atoms with Crippen LogP contribution in [0.4, 0.5) is 17.6 Å². The summed E-state index contributed by atoms with van der Waals surface area (Å²) in [6.07, 6.45) is -4.99. The predicted molar refractivity (Wildman–Crippen MR) is 104 cm³/mol. The topological polar surface area (TPSA) is 96.9 Å². The first-order valence-corrected chi connectivity index (χ1v) is 9.15. The van der Waals surface area contributed by atoms with Gasteiger partial charge in [-0.05, 0) is 25.0 Å². The summed E-state index contributed by atoms with van der Waals surface area (Å²) in [5.74, 6) is -2.45. The summed E-state index contributed by atoms with van der Waals surface area (Å²) in [5, 5.41) is 11.4. The molecule has 1 aromatic heterocycles. The van der Waals surface area contributed by atoms with Crippen LogP contribution >= 0.6 is 11.6 Å². The molecule has 0 aliphatic carbocycles. The summed E-state index contributed by atoms with van der Waals surface area (Å²) in [6, 6.07) is 3.49. The molecule has 12 heteroatoms. The number of amides is 1. The van der Waals surface area contributed by atoms with Gasteiger partial charge in [0.15, 0.2) is 0 Å². The quantitative estimate of drug-likeness (QED) is 0.709. The SMILES string of the molecule is CC(C)C(C)(C#N)NC(=O)c1cc(-n2c(=O)cc(C(F)(F)F)n(C)c2=O)c(F)cc1Cl. The second-order valence-electron chi connectivity index (χ2n) is 7.25. The molecule has 0 fully saturated rings. The molecule has 1 atom stereocenters. The highest BCUT2D eigenvalue weighted by molar-refractivity contribution is 6.34. The van der Waals surface area contributed by atoms with Crippen molar-refractivity contribution in [3.8, 4) is 11.8 Å². The average Bonchev–Trinajstić information content (AvgIpc) is 2.64. The number of benzene rings is 1. The summed E-state index contributed by atoms with van der Waals surface area (Å²) < 4.78 is 53.9. The molecule has 0 aliphatic heterocycles. The second-order valence-corrected chi connectivity index (χ2v) is 7.66. The largest absolute Gasteiger partial charge is 0.431 e. The predicted octanol–water partition coefficient (Wildman–Crippen LogP) is 3.02. The Morgan fingerprint density at radius 3 is 2.29 bits per heavy atom. The molecule has 166 valence electrons. The Morgan fingerprint density at radius 1 is 1.23 bits per heavy atom. The molecule has 1 unspecified atom stereocenters. The highest BCUT2D eigenvalue weighted by atomic mass is 35.5. The Labute approximate surface area is 178 Å². The molecule has 1 aromatic carbocycles. The molecule has 0 aliphatic rings. The van der Waals surface area contributed by atoms with Crippen molar-refractivity contribution in [1.29, 1.82) is 5.26 Å². The van der Waals surface area contributed by atoms with E-state index in [1.54, 1.807) is 13.8 Å². The molecule has 2 aromatic rings. The summed E-state index contributed by atoms with van der Waals surface area (Å²) in [6.45, 7) is 4.79. The van der Waals surface area contributed by atoms with Gasteiger partial charge in [0.05, 0.1) is 22.3 Å². The zero-order valence-electron chi connectivity index (χ0n) is 16.8. The van der Waals surface area contributed by atoms with E-state index in [0.717, 1.165) is 13.1 Å². The maximum atomic E-state index is 14.5. The first-order chi connectivity index (χ1) is 14.1. The minimum atomic E-state index is -4.99. The molecule has 0 spiro atoms. The van der Waals surface area contributed by atoms with Crippen LogP contribution in [0.2, 0.25) is 5.02 Å². The highest BCUT2D eigenvalue weighted by Gasteiger charge is 2.35. The van der Waals surface area contributed by atoms with E-state index in [1.807, 2.05) is 6.07 Å². The number of alkyl halides is 3. The Balaban J connectivity index is 2.71. The van der Waals surface area contributed by atoms with E-state index in [4.69, 9.17) is 11.6 Å². The normalized spacial score (nSPS) is 13.6. The van der Waals surface area contributed by atoms with Crippen LogP contribution in [0.3, 0.4) is 0 Å². The maximum Gasteiger partial charge on any atom is 0.431 e. The van der Waals surface area contributed by atoms with Crippen LogP contribution in [0, 0.1) is 23.1 Å².